The largest absolute Gasteiger partial charge is 0.481 e. The Bertz CT molecular complexity index is 364. The van der Waals surface area contributed by atoms with Crippen LogP contribution in [-0.4, -0.2) is 41.3 Å². The smallest absolute Gasteiger partial charge is 0.410 e. The normalized spacial score (nSPS) is 27.5. The van der Waals surface area contributed by atoms with E-state index in [1.807, 2.05) is 0 Å². The van der Waals surface area contributed by atoms with E-state index in [0.717, 1.165) is 19.3 Å². The molecule has 0 bridgehead atoms. The molecule has 0 spiro atoms. The summed E-state index contributed by atoms with van der Waals surface area (Å²) in [7, 11) is 0. The second-order valence-electron chi connectivity index (χ2n) is 5.39. The maximum atomic E-state index is 12.0. The standard InChI is InChI=1S/C14H21NO4/c1-2-8-19-14(18)15-9-11(13(16)17)6-7-12(15)10-4-3-5-10/h2,10-12H,1,3-9H2,(H,16,17). The second-order valence-corrected chi connectivity index (χ2v) is 5.39. The lowest BCUT2D eigenvalue weighted by Gasteiger charge is -2.44. The van der Waals surface area contributed by atoms with E-state index >= 15 is 0 Å². The second kappa shape index (κ2) is 6.08. The zero-order valence-corrected chi connectivity index (χ0v) is 11.1. The van der Waals surface area contributed by atoms with Crippen molar-refractivity contribution >= 4 is 12.1 Å². The summed E-state index contributed by atoms with van der Waals surface area (Å²) in [4.78, 5) is 24.8. The lowest BCUT2D eigenvalue weighted by molar-refractivity contribution is -0.144. The molecule has 2 rings (SSSR count). The highest BCUT2D eigenvalue weighted by Crippen LogP contribution is 2.38. The fourth-order valence-corrected chi connectivity index (χ4v) is 2.93. The molecule has 5 nitrogen and oxygen atoms in total. The van der Waals surface area contributed by atoms with E-state index in [4.69, 9.17) is 9.84 Å². The lowest BCUT2D eigenvalue weighted by Crippen LogP contribution is -2.53. The number of aliphatic carboxylic acids is 1. The molecule has 19 heavy (non-hydrogen) atoms. The van der Waals surface area contributed by atoms with Crippen molar-refractivity contribution in [2.75, 3.05) is 13.2 Å². The molecule has 1 heterocycles. The average Bonchev–Trinajstić information content (AvgIpc) is 2.34. The van der Waals surface area contributed by atoms with Gasteiger partial charge in [0.05, 0.1) is 5.92 Å². The van der Waals surface area contributed by atoms with Gasteiger partial charge in [-0.1, -0.05) is 19.1 Å². The molecular weight excluding hydrogens is 246 g/mol. The van der Waals surface area contributed by atoms with E-state index in [2.05, 4.69) is 6.58 Å². The Labute approximate surface area is 113 Å². The molecule has 1 aliphatic heterocycles. The van der Waals surface area contributed by atoms with Crippen LogP contribution < -0.4 is 0 Å². The monoisotopic (exact) mass is 267 g/mol. The minimum absolute atomic E-state index is 0.154. The van der Waals surface area contributed by atoms with Gasteiger partial charge in [0, 0.05) is 12.6 Å². The molecular formula is C14H21NO4. The summed E-state index contributed by atoms with van der Waals surface area (Å²) in [5.41, 5.74) is 0. The van der Waals surface area contributed by atoms with Gasteiger partial charge in [0.1, 0.15) is 6.61 Å². The zero-order valence-electron chi connectivity index (χ0n) is 11.1. The fraction of sp³-hybridized carbons (Fsp3) is 0.714. The highest BCUT2D eigenvalue weighted by molar-refractivity contribution is 5.73. The van der Waals surface area contributed by atoms with Gasteiger partial charge in [-0.05, 0) is 31.6 Å². The summed E-state index contributed by atoms with van der Waals surface area (Å²) < 4.78 is 5.08. The minimum atomic E-state index is -0.825. The number of carboxylic acid groups (broad SMARTS) is 1. The molecule has 0 aromatic heterocycles. The molecule has 5 heteroatoms. The number of likely N-dealkylation sites (tertiary alicyclic amines) is 1. The third-order valence-corrected chi connectivity index (χ3v) is 4.23. The molecule has 1 aliphatic carbocycles. The van der Waals surface area contributed by atoms with E-state index in [-0.39, 0.29) is 19.2 Å². The van der Waals surface area contributed by atoms with Gasteiger partial charge in [-0.15, -0.1) is 0 Å². The van der Waals surface area contributed by atoms with Gasteiger partial charge in [0.25, 0.3) is 0 Å². The molecule has 1 amide bonds. The first-order valence-electron chi connectivity index (χ1n) is 6.90. The summed E-state index contributed by atoms with van der Waals surface area (Å²) in [6.07, 6.45) is 6.02. The van der Waals surface area contributed by atoms with Crippen molar-refractivity contribution in [1.82, 2.24) is 4.90 Å². The summed E-state index contributed by atoms with van der Waals surface area (Å²) in [5, 5.41) is 9.11. The van der Waals surface area contributed by atoms with Gasteiger partial charge >= 0.3 is 12.1 Å². The first-order chi connectivity index (χ1) is 9.13. The quantitative estimate of drug-likeness (QED) is 0.793. The van der Waals surface area contributed by atoms with Crippen LogP contribution in [0.3, 0.4) is 0 Å². The van der Waals surface area contributed by atoms with Crippen LogP contribution in [0.2, 0.25) is 0 Å². The predicted molar refractivity (Wildman–Crippen MR) is 69.7 cm³/mol. The van der Waals surface area contributed by atoms with Crippen LogP contribution in [0.1, 0.15) is 32.1 Å². The van der Waals surface area contributed by atoms with Gasteiger partial charge in [-0.2, -0.15) is 0 Å². The Morgan fingerprint density at radius 1 is 1.32 bits per heavy atom. The molecule has 0 aromatic rings. The van der Waals surface area contributed by atoms with Crippen molar-refractivity contribution in [3.05, 3.63) is 12.7 Å². The number of piperidine rings is 1. The van der Waals surface area contributed by atoms with E-state index < -0.39 is 18.0 Å². The van der Waals surface area contributed by atoms with Crippen molar-refractivity contribution in [3.63, 3.8) is 0 Å². The zero-order chi connectivity index (χ0) is 13.8. The summed E-state index contributed by atoms with van der Waals surface area (Å²) >= 11 is 0. The first kappa shape index (κ1) is 13.9. The topological polar surface area (TPSA) is 66.8 Å². The van der Waals surface area contributed by atoms with Crippen molar-refractivity contribution in [2.45, 2.75) is 38.1 Å². The van der Waals surface area contributed by atoms with Crippen LogP contribution in [0.25, 0.3) is 0 Å². The highest BCUT2D eigenvalue weighted by atomic mass is 16.6. The summed E-state index contributed by atoms with van der Waals surface area (Å²) in [6, 6.07) is 0.154. The van der Waals surface area contributed by atoms with Crippen LogP contribution in [0, 0.1) is 11.8 Å². The fourth-order valence-electron chi connectivity index (χ4n) is 2.93. The Hall–Kier alpha value is -1.52. The van der Waals surface area contributed by atoms with Crippen molar-refractivity contribution in [2.24, 2.45) is 11.8 Å². The third kappa shape index (κ3) is 3.08. The Morgan fingerprint density at radius 3 is 2.58 bits per heavy atom. The molecule has 0 radical (unpaired) electrons. The Morgan fingerprint density at radius 2 is 2.05 bits per heavy atom. The number of hydrogen-bond acceptors (Lipinski definition) is 3. The van der Waals surface area contributed by atoms with Crippen LogP contribution >= 0.6 is 0 Å². The number of carbonyl (C=O) groups excluding carboxylic acids is 1. The van der Waals surface area contributed by atoms with Gasteiger partial charge in [0.2, 0.25) is 0 Å². The number of nitrogens with zero attached hydrogens (tertiary/aromatic N) is 1. The molecule has 0 aromatic carbocycles. The molecule has 2 unspecified atom stereocenters. The average molecular weight is 267 g/mol. The van der Waals surface area contributed by atoms with Crippen LogP contribution in [0.5, 0.6) is 0 Å². The molecule has 106 valence electrons. The number of amides is 1. The van der Waals surface area contributed by atoms with E-state index in [1.165, 1.54) is 12.5 Å². The van der Waals surface area contributed by atoms with Crippen molar-refractivity contribution < 1.29 is 19.4 Å². The molecule has 1 N–H and O–H groups in total. The van der Waals surface area contributed by atoms with E-state index in [1.54, 1.807) is 4.90 Å². The SMILES string of the molecule is C=CCOC(=O)N1CC(C(=O)O)CCC1C1CCC1. The van der Waals surface area contributed by atoms with Gasteiger partial charge in [-0.3, -0.25) is 4.79 Å². The van der Waals surface area contributed by atoms with E-state index in [9.17, 15) is 9.59 Å². The van der Waals surface area contributed by atoms with E-state index in [0.29, 0.717) is 12.3 Å². The molecule has 1 saturated heterocycles. The van der Waals surface area contributed by atoms with Gasteiger partial charge < -0.3 is 14.7 Å². The van der Waals surface area contributed by atoms with Gasteiger partial charge in [-0.25, -0.2) is 4.79 Å². The third-order valence-electron chi connectivity index (χ3n) is 4.23. The number of ether oxygens (including phenoxy) is 1. The van der Waals surface area contributed by atoms with Gasteiger partial charge in [0.15, 0.2) is 0 Å². The van der Waals surface area contributed by atoms with Crippen molar-refractivity contribution in [3.8, 4) is 0 Å². The number of carbonyl (C=O) groups is 2. The number of rotatable bonds is 4. The predicted octanol–water partition coefficient (Wildman–Crippen LogP) is 2.27. The lowest BCUT2D eigenvalue weighted by atomic mass is 9.75. The van der Waals surface area contributed by atoms with Crippen LogP contribution in [0.15, 0.2) is 12.7 Å². The van der Waals surface area contributed by atoms with Crippen LogP contribution in [0.4, 0.5) is 4.79 Å². The summed E-state index contributed by atoms with van der Waals surface area (Å²) in [5.74, 6) is -0.771. The molecule has 2 atom stereocenters. The first-order valence-corrected chi connectivity index (χ1v) is 6.90. The molecule has 2 fully saturated rings. The Kier molecular flexibility index (Phi) is 4.45. The minimum Gasteiger partial charge on any atom is -0.481 e. The maximum Gasteiger partial charge on any atom is 0.410 e. The Balaban J connectivity index is 2.03. The molecule has 1 saturated carbocycles. The number of carboxylic acids is 1. The van der Waals surface area contributed by atoms with Crippen LogP contribution in [-0.2, 0) is 9.53 Å². The molecule has 2 aliphatic rings. The number of hydrogen-bond donors (Lipinski definition) is 1. The summed E-state index contributed by atoms with van der Waals surface area (Å²) in [6.45, 7) is 3.95. The highest BCUT2D eigenvalue weighted by Gasteiger charge is 2.40. The maximum absolute atomic E-state index is 12.0. The van der Waals surface area contributed by atoms with Crippen molar-refractivity contribution in [1.29, 1.82) is 0 Å².